The van der Waals surface area contributed by atoms with Gasteiger partial charge in [0.25, 0.3) is 10.2 Å². The number of hydrogen-bond donors (Lipinski definition) is 4. The van der Waals surface area contributed by atoms with E-state index in [-0.39, 0.29) is 6.04 Å². The van der Waals surface area contributed by atoms with Crippen LogP contribution in [0.2, 0.25) is 0 Å². The molecule has 0 amide bonds. The van der Waals surface area contributed by atoms with Crippen LogP contribution in [0.1, 0.15) is 23.5 Å². The van der Waals surface area contributed by atoms with Gasteiger partial charge in [0.2, 0.25) is 0 Å². The van der Waals surface area contributed by atoms with Crippen molar-refractivity contribution in [3.8, 4) is 0 Å². The first-order chi connectivity index (χ1) is 10.0. The van der Waals surface area contributed by atoms with E-state index in [1.807, 2.05) is 0 Å². The standard InChI is InChI=1S/C14H18N4O2S/c15-21(19,20)18-9-5-11-10-2-1-3-12-14(10)8(6-16-12)4-13(11)17-7-9/h1-3,6,9,11,13,16-18H,4-5,7H2,(H2,15,19,20)/t9-,11+,13+/m0/s1. The maximum absolute atomic E-state index is 11.2. The first-order valence-corrected chi connectivity index (χ1v) is 8.68. The van der Waals surface area contributed by atoms with Crippen molar-refractivity contribution < 1.29 is 8.42 Å². The fraction of sp³-hybridized carbons (Fsp3) is 0.429. The Bertz CT molecular complexity index is 798. The van der Waals surface area contributed by atoms with E-state index in [4.69, 9.17) is 5.14 Å². The number of aromatic amines is 1. The van der Waals surface area contributed by atoms with Crippen molar-refractivity contribution in [1.82, 2.24) is 15.0 Å². The number of rotatable bonds is 2. The van der Waals surface area contributed by atoms with Gasteiger partial charge in [0.05, 0.1) is 0 Å². The highest BCUT2D eigenvalue weighted by Gasteiger charge is 2.36. The van der Waals surface area contributed by atoms with Gasteiger partial charge in [-0.3, -0.25) is 0 Å². The Morgan fingerprint density at radius 1 is 1.33 bits per heavy atom. The molecule has 2 aliphatic rings. The van der Waals surface area contributed by atoms with Crippen molar-refractivity contribution >= 4 is 21.1 Å². The topological polar surface area (TPSA) is 100 Å². The summed E-state index contributed by atoms with van der Waals surface area (Å²) >= 11 is 0. The maximum atomic E-state index is 11.2. The van der Waals surface area contributed by atoms with Gasteiger partial charge in [-0.25, -0.2) is 5.14 Å². The number of fused-ring (bicyclic) bond motifs is 2. The Hall–Kier alpha value is -1.41. The average Bonchev–Trinajstić information content (AvgIpc) is 2.83. The largest absolute Gasteiger partial charge is 0.361 e. The third kappa shape index (κ3) is 2.26. The zero-order chi connectivity index (χ0) is 14.6. The van der Waals surface area contributed by atoms with Crippen molar-refractivity contribution in [2.24, 2.45) is 5.14 Å². The van der Waals surface area contributed by atoms with Crippen LogP contribution < -0.4 is 15.2 Å². The van der Waals surface area contributed by atoms with Gasteiger partial charge in [-0.15, -0.1) is 0 Å². The lowest BCUT2D eigenvalue weighted by atomic mass is 9.75. The summed E-state index contributed by atoms with van der Waals surface area (Å²) < 4.78 is 25.0. The maximum Gasteiger partial charge on any atom is 0.274 e. The highest BCUT2D eigenvalue weighted by molar-refractivity contribution is 7.87. The molecule has 2 heterocycles. The fourth-order valence-corrected chi connectivity index (χ4v) is 4.51. The number of benzene rings is 1. The summed E-state index contributed by atoms with van der Waals surface area (Å²) in [6.45, 7) is 0.618. The second kappa shape index (κ2) is 4.54. The molecule has 7 heteroatoms. The molecule has 1 fully saturated rings. The van der Waals surface area contributed by atoms with Crippen molar-refractivity contribution in [2.75, 3.05) is 6.54 Å². The normalized spacial score (nSPS) is 28.5. The molecule has 1 aliphatic heterocycles. The van der Waals surface area contributed by atoms with Crippen molar-refractivity contribution in [3.63, 3.8) is 0 Å². The van der Waals surface area contributed by atoms with Crippen molar-refractivity contribution in [2.45, 2.75) is 30.8 Å². The van der Waals surface area contributed by atoms with Crippen LogP contribution in [0.3, 0.4) is 0 Å². The van der Waals surface area contributed by atoms with Gasteiger partial charge in [0.15, 0.2) is 0 Å². The van der Waals surface area contributed by atoms with E-state index in [0.717, 1.165) is 18.4 Å². The second-order valence-electron chi connectivity index (χ2n) is 6.00. The number of aromatic nitrogens is 1. The van der Waals surface area contributed by atoms with Crippen molar-refractivity contribution in [1.29, 1.82) is 0 Å². The summed E-state index contributed by atoms with van der Waals surface area (Å²) in [5, 5.41) is 9.87. The van der Waals surface area contributed by atoms with E-state index in [1.54, 1.807) is 0 Å². The summed E-state index contributed by atoms with van der Waals surface area (Å²) in [4.78, 5) is 3.32. The molecule has 112 valence electrons. The number of piperidine rings is 1. The van der Waals surface area contributed by atoms with E-state index in [9.17, 15) is 8.42 Å². The van der Waals surface area contributed by atoms with Crippen LogP contribution in [0.4, 0.5) is 0 Å². The van der Waals surface area contributed by atoms with E-state index in [2.05, 4.69) is 39.4 Å². The lowest BCUT2D eigenvalue weighted by Gasteiger charge is -2.40. The van der Waals surface area contributed by atoms with E-state index < -0.39 is 10.2 Å². The number of hydrogen-bond acceptors (Lipinski definition) is 3. The molecule has 1 aromatic heterocycles. The molecule has 1 aliphatic carbocycles. The molecule has 1 aromatic carbocycles. The minimum atomic E-state index is -3.66. The van der Waals surface area contributed by atoms with Gasteiger partial charge in [0.1, 0.15) is 0 Å². The highest BCUT2D eigenvalue weighted by atomic mass is 32.2. The van der Waals surface area contributed by atoms with E-state index in [0.29, 0.717) is 18.5 Å². The Kier molecular flexibility index (Phi) is 2.87. The van der Waals surface area contributed by atoms with Gasteiger partial charge in [-0.05, 0) is 30.0 Å². The molecule has 21 heavy (non-hydrogen) atoms. The predicted octanol–water partition coefficient (Wildman–Crippen LogP) is 0.331. The molecule has 0 radical (unpaired) electrons. The average molecular weight is 306 g/mol. The monoisotopic (exact) mass is 306 g/mol. The Balaban J connectivity index is 1.71. The van der Waals surface area contributed by atoms with Crippen molar-refractivity contribution in [3.05, 3.63) is 35.5 Å². The van der Waals surface area contributed by atoms with Gasteiger partial charge in [-0.1, -0.05) is 12.1 Å². The van der Waals surface area contributed by atoms with Crippen LogP contribution in [-0.2, 0) is 16.6 Å². The lowest BCUT2D eigenvalue weighted by molar-refractivity contribution is 0.304. The smallest absolute Gasteiger partial charge is 0.274 e. The Labute approximate surface area is 123 Å². The minimum absolute atomic E-state index is 0.156. The molecular formula is C14H18N4O2S. The molecule has 0 spiro atoms. The molecule has 5 N–H and O–H groups in total. The minimum Gasteiger partial charge on any atom is -0.361 e. The van der Waals surface area contributed by atoms with Crippen LogP contribution in [0.5, 0.6) is 0 Å². The second-order valence-corrected chi connectivity index (χ2v) is 7.33. The molecular weight excluding hydrogens is 288 g/mol. The Morgan fingerprint density at radius 2 is 2.19 bits per heavy atom. The number of H-pyrrole nitrogens is 1. The van der Waals surface area contributed by atoms with Crippen LogP contribution in [0.25, 0.3) is 10.9 Å². The van der Waals surface area contributed by atoms with E-state index in [1.165, 1.54) is 16.5 Å². The summed E-state index contributed by atoms with van der Waals surface area (Å²) in [6, 6.07) is 6.49. The number of nitrogens with one attached hydrogen (secondary N) is 3. The third-order valence-electron chi connectivity index (χ3n) is 4.64. The summed E-state index contributed by atoms with van der Waals surface area (Å²) in [5.74, 6) is 0.310. The zero-order valence-corrected chi connectivity index (χ0v) is 12.3. The van der Waals surface area contributed by atoms with Crippen LogP contribution >= 0.6 is 0 Å². The summed E-state index contributed by atoms with van der Waals surface area (Å²) in [6.07, 6.45) is 3.84. The summed E-state index contributed by atoms with van der Waals surface area (Å²) in [5.41, 5.74) is 3.79. The fourth-order valence-electron chi connectivity index (χ4n) is 3.86. The predicted molar refractivity (Wildman–Crippen MR) is 81.2 cm³/mol. The molecule has 0 bridgehead atoms. The molecule has 0 saturated carbocycles. The van der Waals surface area contributed by atoms with Crippen LogP contribution in [0.15, 0.2) is 24.4 Å². The third-order valence-corrected chi connectivity index (χ3v) is 5.30. The first-order valence-electron chi connectivity index (χ1n) is 7.13. The first kappa shape index (κ1) is 13.3. The molecule has 1 saturated heterocycles. The molecule has 2 aromatic rings. The SMILES string of the molecule is NS(=O)(=O)N[C@@H]1CN[C@@H]2Cc3c[nH]c4cccc(c34)[C@H]2C1. The Morgan fingerprint density at radius 3 is 3.00 bits per heavy atom. The molecule has 6 nitrogen and oxygen atoms in total. The molecule has 3 atom stereocenters. The molecule has 4 rings (SSSR count). The van der Waals surface area contributed by atoms with E-state index >= 15 is 0 Å². The van der Waals surface area contributed by atoms with Gasteiger partial charge < -0.3 is 10.3 Å². The van der Waals surface area contributed by atoms with Gasteiger partial charge in [-0.2, -0.15) is 13.1 Å². The van der Waals surface area contributed by atoms with Gasteiger partial charge in [0, 0.05) is 41.6 Å². The summed E-state index contributed by atoms with van der Waals surface area (Å²) in [7, 11) is -3.66. The lowest BCUT2D eigenvalue weighted by Crippen LogP contribution is -2.55. The van der Waals surface area contributed by atoms with Crippen LogP contribution in [-0.4, -0.2) is 32.0 Å². The van der Waals surface area contributed by atoms with Gasteiger partial charge >= 0.3 is 0 Å². The molecule has 0 unspecified atom stereocenters. The number of nitrogens with two attached hydrogens (primary N) is 1. The van der Waals surface area contributed by atoms with Crippen LogP contribution in [0, 0.1) is 0 Å². The quantitative estimate of drug-likeness (QED) is 0.643. The zero-order valence-electron chi connectivity index (χ0n) is 11.5. The highest BCUT2D eigenvalue weighted by Crippen LogP contribution is 2.40.